The van der Waals surface area contributed by atoms with Crippen molar-refractivity contribution in [2.24, 2.45) is 5.92 Å². The maximum atomic E-state index is 12.4. The zero-order valence-electron chi connectivity index (χ0n) is 16.0. The van der Waals surface area contributed by atoms with Crippen LogP contribution in [0.2, 0.25) is 0 Å². The van der Waals surface area contributed by atoms with Gasteiger partial charge in [-0.25, -0.2) is 9.59 Å². The molecule has 2 amide bonds. The van der Waals surface area contributed by atoms with Crippen LogP contribution in [0.25, 0.3) is 0 Å². The summed E-state index contributed by atoms with van der Waals surface area (Å²) in [5, 5.41) is 11.8. The fourth-order valence-corrected chi connectivity index (χ4v) is 3.89. The van der Waals surface area contributed by atoms with E-state index in [2.05, 4.69) is 12.2 Å². The predicted octanol–water partition coefficient (Wildman–Crippen LogP) is 3.65. The van der Waals surface area contributed by atoms with E-state index in [1.807, 2.05) is 4.90 Å². The van der Waals surface area contributed by atoms with Gasteiger partial charge in [0.05, 0.1) is 17.8 Å². The molecule has 0 unspecified atom stereocenters. The summed E-state index contributed by atoms with van der Waals surface area (Å²) in [5.41, 5.74) is 1.14. The summed E-state index contributed by atoms with van der Waals surface area (Å²) in [6, 6.07) is 6.50. The lowest BCUT2D eigenvalue weighted by Crippen LogP contribution is -2.46. The van der Waals surface area contributed by atoms with E-state index in [0.717, 1.165) is 37.4 Å². The number of piperidine rings is 1. The van der Waals surface area contributed by atoms with E-state index in [0.29, 0.717) is 12.6 Å². The van der Waals surface area contributed by atoms with Crippen molar-refractivity contribution in [3.05, 3.63) is 35.4 Å². The molecule has 0 aromatic heterocycles. The summed E-state index contributed by atoms with van der Waals surface area (Å²) in [6.07, 6.45) is 7.33. The second-order valence-electron chi connectivity index (χ2n) is 7.87. The maximum absolute atomic E-state index is 12.4. The Morgan fingerprint density at radius 1 is 1.04 bits per heavy atom. The topological polar surface area (TPSA) is 78.9 Å². The van der Waals surface area contributed by atoms with Crippen molar-refractivity contribution in [2.45, 2.75) is 64.2 Å². The molecule has 1 aromatic carbocycles. The molecule has 6 heteroatoms. The maximum Gasteiger partial charge on any atom is 0.335 e. The van der Waals surface area contributed by atoms with Gasteiger partial charge in [-0.3, -0.25) is 0 Å². The van der Waals surface area contributed by atoms with Crippen molar-refractivity contribution in [2.75, 3.05) is 13.1 Å². The number of carboxylic acid groups (broad SMARTS) is 1. The number of hydrogen-bond donors (Lipinski definition) is 2. The molecule has 1 saturated heterocycles. The van der Waals surface area contributed by atoms with Crippen molar-refractivity contribution < 1.29 is 19.4 Å². The van der Waals surface area contributed by atoms with E-state index in [1.165, 1.54) is 25.7 Å². The number of rotatable bonds is 5. The van der Waals surface area contributed by atoms with E-state index in [-0.39, 0.29) is 17.7 Å². The number of aromatic carboxylic acids is 1. The molecule has 6 nitrogen and oxygen atoms in total. The predicted molar refractivity (Wildman–Crippen MR) is 103 cm³/mol. The zero-order chi connectivity index (χ0) is 19.2. The van der Waals surface area contributed by atoms with Crippen LogP contribution in [0, 0.1) is 5.92 Å². The molecule has 0 atom stereocenters. The molecule has 1 aromatic rings. The SMILES string of the molecule is CC1CCC(OC2CCN(C(=O)NCc3ccc(C(=O)O)cc3)CC2)CC1. The third-order valence-corrected chi connectivity index (χ3v) is 5.72. The van der Waals surface area contributed by atoms with Gasteiger partial charge in [0.2, 0.25) is 0 Å². The third kappa shape index (κ3) is 5.70. The van der Waals surface area contributed by atoms with Gasteiger partial charge in [0.1, 0.15) is 0 Å². The summed E-state index contributed by atoms with van der Waals surface area (Å²) in [4.78, 5) is 25.1. The van der Waals surface area contributed by atoms with Crippen LogP contribution in [0.1, 0.15) is 61.4 Å². The van der Waals surface area contributed by atoms with Crippen LogP contribution >= 0.6 is 0 Å². The Labute approximate surface area is 160 Å². The highest BCUT2D eigenvalue weighted by molar-refractivity contribution is 5.87. The van der Waals surface area contributed by atoms with Crippen LogP contribution < -0.4 is 5.32 Å². The Hall–Kier alpha value is -2.08. The number of carboxylic acids is 1. The van der Waals surface area contributed by atoms with Gasteiger partial charge >= 0.3 is 12.0 Å². The van der Waals surface area contributed by atoms with Crippen LogP contribution in [0.3, 0.4) is 0 Å². The molecule has 0 bridgehead atoms. The summed E-state index contributed by atoms with van der Waals surface area (Å²) in [7, 11) is 0. The molecule has 148 valence electrons. The van der Waals surface area contributed by atoms with Gasteiger partial charge in [-0.05, 0) is 62.1 Å². The lowest BCUT2D eigenvalue weighted by molar-refractivity contribution is -0.0559. The van der Waals surface area contributed by atoms with E-state index in [9.17, 15) is 9.59 Å². The Bertz CT molecular complexity index is 630. The van der Waals surface area contributed by atoms with Gasteiger partial charge < -0.3 is 20.1 Å². The van der Waals surface area contributed by atoms with Crippen LogP contribution in [0.4, 0.5) is 4.79 Å². The Morgan fingerprint density at radius 2 is 1.63 bits per heavy atom. The molecule has 2 N–H and O–H groups in total. The molecule has 3 rings (SSSR count). The van der Waals surface area contributed by atoms with E-state index in [4.69, 9.17) is 9.84 Å². The number of likely N-dealkylation sites (tertiary alicyclic amines) is 1. The van der Waals surface area contributed by atoms with Crippen molar-refractivity contribution in [3.63, 3.8) is 0 Å². The summed E-state index contributed by atoms with van der Waals surface area (Å²) in [6.45, 7) is 4.15. The number of ether oxygens (including phenoxy) is 1. The highest BCUT2D eigenvalue weighted by Gasteiger charge is 2.27. The van der Waals surface area contributed by atoms with Crippen molar-refractivity contribution in [3.8, 4) is 0 Å². The van der Waals surface area contributed by atoms with Crippen molar-refractivity contribution in [1.29, 1.82) is 0 Å². The van der Waals surface area contributed by atoms with E-state index < -0.39 is 5.97 Å². The first-order valence-corrected chi connectivity index (χ1v) is 10.0. The molecule has 27 heavy (non-hydrogen) atoms. The van der Waals surface area contributed by atoms with Crippen LogP contribution in [-0.2, 0) is 11.3 Å². The van der Waals surface area contributed by atoms with E-state index >= 15 is 0 Å². The summed E-state index contributed by atoms with van der Waals surface area (Å²) < 4.78 is 6.26. The van der Waals surface area contributed by atoms with Gasteiger partial charge in [0.15, 0.2) is 0 Å². The lowest BCUT2D eigenvalue weighted by atomic mass is 9.88. The molecule has 0 radical (unpaired) electrons. The minimum atomic E-state index is -0.946. The van der Waals surface area contributed by atoms with Gasteiger partial charge in [-0.15, -0.1) is 0 Å². The number of urea groups is 1. The number of benzene rings is 1. The highest BCUT2D eigenvalue weighted by atomic mass is 16.5. The molecule has 0 spiro atoms. The van der Waals surface area contributed by atoms with Gasteiger partial charge in [0.25, 0.3) is 0 Å². The Kier molecular flexibility index (Phi) is 6.72. The average molecular weight is 374 g/mol. The number of nitrogens with zero attached hydrogens (tertiary/aromatic N) is 1. The van der Waals surface area contributed by atoms with Crippen LogP contribution in [0.5, 0.6) is 0 Å². The second-order valence-corrected chi connectivity index (χ2v) is 7.87. The highest BCUT2D eigenvalue weighted by Crippen LogP contribution is 2.28. The monoisotopic (exact) mass is 374 g/mol. The van der Waals surface area contributed by atoms with E-state index in [1.54, 1.807) is 24.3 Å². The molecule has 1 aliphatic heterocycles. The minimum Gasteiger partial charge on any atom is -0.478 e. The summed E-state index contributed by atoms with van der Waals surface area (Å²) >= 11 is 0. The van der Waals surface area contributed by atoms with Crippen molar-refractivity contribution in [1.82, 2.24) is 10.2 Å². The quantitative estimate of drug-likeness (QED) is 0.824. The van der Waals surface area contributed by atoms with Gasteiger partial charge in [-0.1, -0.05) is 19.1 Å². The van der Waals surface area contributed by atoms with Crippen LogP contribution in [-0.4, -0.2) is 47.3 Å². The normalized spacial score (nSPS) is 23.8. The molecule has 1 heterocycles. The van der Waals surface area contributed by atoms with Gasteiger partial charge in [0, 0.05) is 19.6 Å². The fraction of sp³-hybridized carbons (Fsp3) is 0.619. The Balaban J connectivity index is 1.37. The second kappa shape index (κ2) is 9.22. The standard InChI is InChI=1S/C21H30N2O4/c1-15-2-8-18(9-3-15)27-19-10-12-23(13-11-19)21(26)22-14-16-4-6-17(7-5-16)20(24)25/h4-7,15,18-19H,2-3,8-14H2,1H3,(H,22,26)(H,24,25). The van der Waals surface area contributed by atoms with Gasteiger partial charge in [-0.2, -0.15) is 0 Å². The number of nitrogens with one attached hydrogen (secondary N) is 1. The first kappa shape index (κ1) is 19.7. The zero-order valence-corrected chi connectivity index (χ0v) is 16.0. The fourth-order valence-electron chi connectivity index (χ4n) is 3.89. The number of amides is 2. The lowest BCUT2D eigenvalue weighted by Gasteiger charge is -2.35. The molecule has 2 aliphatic rings. The molecule has 1 aliphatic carbocycles. The largest absolute Gasteiger partial charge is 0.478 e. The van der Waals surface area contributed by atoms with Crippen molar-refractivity contribution >= 4 is 12.0 Å². The molecular formula is C21H30N2O4. The first-order chi connectivity index (χ1) is 13.0. The third-order valence-electron chi connectivity index (χ3n) is 5.72. The van der Waals surface area contributed by atoms with Crippen LogP contribution in [0.15, 0.2) is 24.3 Å². The number of hydrogen-bond acceptors (Lipinski definition) is 3. The summed E-state index contributed by atoms with van der Waals surface area (Å²) in [5.74, 6) is -0.117. The Morgan fingerprint density at radius 3 is 2.22 bits per heavy atom. The average Bonchev–Trinajstić information content (AvgIpc) is 2.69. The smallest absolute Gasteiger partial charge is 0.335 e. The number of carbonyl (C=O) groups is 2. The molecule has 2 fully saturated rings. The number of carbonyl (C=O) groups excluding carboxylic acids is 1. The first-order valence-electron chi connectivity index (χ1n) is 10.0. The molecular weight excluding hydrogens is 344 g/mol. The molecule has 1 saturated carbocycles. The minimum absolute atomic E-state index is 0.0674.